The van der Waals surface area contributed by atoms with Crippen LogP contribution in [0.25, 0.3) is 11.0 Å². The molecule has 0 aliphatic carbocycles. The number of hydrogen-bond acceptors (Lipinski definition) is 2. The van der Waals surface area contributed by atoms with E-state index >= 15 is 0 Å². The summed E-state index contributed by atoms with van der Waals surface area (Å²) in [6, 6.07) is 1.98. The molecular weight excluding hydrogens is 198 g/mol. The Balaban J connectivity index is 2.84. The topological polar surface area (TPSA) is 41.6 Å². The largest absolute Gasteiger partial charge is 0.197 e. The number of H-pyrrole nitrogens is 1. The van der Waals surface area contributed by atoms with Crippen LogP contribution in [0.15, 0.2) is 6.07 Å². The van der Waals surface area contributed by atoms with E-state index < -0.39 is 0 Å². The first-order valence-corrected chi connectivity index (χ1v) is 4.98. The van der Waals surface area contributed by atoms with Gasteiger partial charge in [0.05, 0.1) is 0 Å². The van der Waals surface area contributed by atoms with Gasteiger partial charge in [-0.15, -0.1) is 0 Å². The number of benzene rings is 1. The lowest BCUT2D eigenvalue weighted by molar-refractivity contribution is 0.868. The lowest BCUT2D eigenvalue weighted by atomic mass is 10.00. The van der Waals surface area contributed by atoms with Crippen molar-refractivity contribution in [3.05, 3.63) is 22.2 Å². The van der Waals surface area contributed by atoms with Crippen LogP contribution in [0.1, 0.15) is 30.9 Å². The smallest absolute Gasteiger partial charge is 0.117 e. The van der Waals surface area contributed by atoms with Crippen LogP contribution in [0.5, 0.6) is 0 Å². The van der Waals surface area contributed by atoms with Crippen LogP contribution in [0.2, 0.25) is 5.02 Å². The Morgan fingerprint density at radius 3 is 2.57 bits per heavy atom. The highest BCUT2D eigenvalue weighted by molar-refractivity contribution is 6.32. The number of aromatic amines is 1. The number of rotatable bonds is 1. The van der Waals surface area contributed by atoms with Crippen LogP contribution in [0.3, 0.4) is 0 Å². The maximum atomic E-state index is 6.11. The lowest BCUT2D eigenvalue weighted by Gasteiger charge is -2.08. The normalized spacial score (nSPS) is 11.5. The third-order valence-electron chi connectivity index (χ3n) is 2.44. The predicted molar refractivity (Wildman–Crippen MR) is 57.7 cm³/mol. The molecule has 0 radical (unpaired) electrons. The molecule has 4 heteroatoms. The van der Waals surface area contributed by atoms with E-state index in [1.54, 1.807) is 0 Å². The van der Waals surface area contributed by atoms with Gasteiger partial charge in [-0.3, -0.25) is 0 Å². The molecule has 0 saturated carbocycles. The maximum Gasteiger partial charge on any atom is 0.117 e. The number of halogens is 1. The zero-order chi connectivity index (χ0) is 10.3. The Morgan fingerprint density at radius 2 is 1.93 bits per heavy atom. The molecule has 1 aromatic carbocycles. The second kappa shape index (κ2) is 3.24. The van der Waals surface area contributed by atoms with Gasteiger partial charge in [-0.05, 0) is 30.0 Å². The van der Waals surface area contributed by atoms with E-state index in [2.05, 4.69) is 29.3 Å². The van der Waals surface area contributed by atoms with Crippen molar-refractivity contribution < 1.29 is 0 Å². The van der Waals surface area contributed by atoms with Gasteiger partial charge in [-0.2, -0.15) is 15.4 Å². The molecule has 0 saturated heterocycles. The molecule has 2 aromatic rings. The summed E-state index contributed by atoms with van der Waals surface area (Å²) in [4.78, 5) is 0. The Labute approximate surface area is 87.5 Å². The van der Waals surface area contributed by atoms with Crippen molar-refractivity contribution in [2.24, 2.45) is 0 Å². The van der Waals surface area contributed by atoms with E-state index in [-0.39, 0.29) is 0 Å². The van der Waals surface area contributed by atoms with Crippen LogP contribution >= 0.6 is 11.6 Å². The van der Waals surface area contributed by atoms with Gasteiger partial charge in [-0.25, -0.2) is 0 Å². The van der Waals surface area contributed by atoms with Crippen molar-refractivity contribution in [2.75, 3.05) is 0 Å². The molecule has 74 valence electrons. The average molecular weight is 210 g/mol. The van der Waals surface area contributed by atoms with E-state index in [0.717, 1.165) is 27.2 Å². The van der Waals surface area contributed by atoms with Gasteiger partial charge in [0.25, 0.3) is 0 Å². The first-order valence-electron chi connectivity index (χ1n) is 4.60. The van der Waals surface area contributed by atoms with Crippen molar-refractivity contribution in [3.63, 3.8) is 0 Å². The predicted octanol–water partition coefficient (Wildman–Crippen LogP) is 3.04. The maximum absolute atomic E-state index is 6.11. The van der Waals surface area contributed by atoms with Gasteiger partial charge in [0.15, 0.2) is 0 Å². The summed E-state index contributed by atoms with van der Waals surface area (Å²) in [5.74, 6) is 0.403. The summed E-state index contributed by atoms with van der Waals surface area (Å²) >= 11 is 6.11. The van der Waals surface area contributed by atoms with E-state index in [4.69, 9.17) is 11.6 Å². The van der Waals surface area contributed by atoms with Gasteiger partial charge >= 0.3 is 0 Å². The molecule has 1 aromatic heterocycles. The van der Waals surface area contributed by atoms with Gasteiger partial charge < -0.3 is 0 Å². The summed E-state index contributed by atoms with van der Waals surface area (Å²) < 4.78 is 0. The van der Waals surface area contributed by atoms with Crippen molar-refractivity contribution in [3.8, 4) is 0 Å². The molecule has 2 rings (SSSR count). The molecule has 1 N–H and O–H groups in total. The Hall–Kier alpha value is -1.09. The van der Waals surface area contributed by atoms with Crippen LogP contribution in [-0.2, 0) is 0 Å². The molecule has 0 aliphatic heterocycles. The summed E-state index contributed by atoms with van der Waals surface area (Å²) in [5, 5.41) is 11.7. The van der Waals surface area contributed by atoms with E-state index in [1.165, 1.54) is 0 Å². The molecule has 0 spiro atoms. The molecule has 0 unspecified atom stereocenters. The Bertz CT molecular complexity index is 473. The average Bonchev–Trinajstić information content (AvgIpc) is 2.59. The summed E-state index contributed by atoms with van der Waals surface area (Å²) in [6.45, 7) is 6.20. The molecule has 0 bridgehead atoms. The number of fused-ring (bicyclic) bond motifs is 1. The number of hydrogen-bond donors (Lipinski definition) is 1. The Kier molecular flexibility index (Phi) is 2.19. The van der Waals surface area contributed by atoms with Gasteiger partial charge in [0.1, 0.15) is 11.0 Å². The number of nitrogens with one attached hydrogen (secondary N) is 1. The zero-order valence-electron chi connectivity index (χ0n) is 8.43. The fourth-order valence-electron chi connectivity index (χ4n) is 1.56. The van der Waals surface area contributed by atoms with Crippen LogP contribution in [0, 0.1) is 6.92 Å². The fraction of sp³-hybridized carbons (Fsp3) is 0.400. The molecular formula is C10H12ClN3. The first kappa shape index (κ1) is 9.46. The first-order chi connectivity index (χ1) is 6.61. The van der Waals surface area contributed by atoms with Crippen molar-refractivity contribution in [1.29, 1.82) is 0 Å². The van der Waals surface area contributed by atoms with Gasteiger partial charge in [0.2, 0.25) is 0 Å². The summed E-state index contributed by atoms with van der Waals surface area (Å²) in [6.07, 6.45) is 0. The second-order valence-corrected chi connectivity index (χ2v) is 4.16. The number of aromatic nitrogens is 3. The quantitative estimate of drug-likeness (QED) is 0.785. The minimum Gasteiger partial charge on any atom is -0.197 e. The summed E-state index contributed by atoms with van der Waals surface area (Å²) in [5.41, 5.74) is 3.94. The molecule has 0 fully saturated rings. The van der Waals surface area contributed by atoms with Crippen LogP contribution < -0.4 is 0 Å². The standard InChI is InChI=1S/C10H12ClN3/c1-5(2)7-4-8(11)6(3)9-10(7)13-14-12-9/h4-5H,1-3H3,(H,12,13,14). The zero-order valence-corrected chi connectivity index (χ0v) is 9.18. The van der Waals surface area contributed by atoms with Crippen molar-refractivity contribution in [2.45, 2.75) is 26.7 Å². The molecule has 0 amide bonds. The van der Waals surface area contributed by atoms with Gasteiger partial charge in [0, 0.05) is 5.02 Å². The van der Waals surface area contributed by atoms with Crippen LogP contribution in [0.4, 0.5) is 0 Å². The second-order valence-electron chi connectivity index (χ2n) is 3.75. The molecule has 1 heterocycles. The van der Waals surface area contributed by atoms with Crippen molar-refractivity contribution >= 4 is 22.6 Å². The minimum atomic E-state index is 0.403. The molecule has 0 atom stereocenters. The fourth-order valence-corrected chi connectivity index (χ4v) is 1.77. The highest BCUT2D eigenvalue weighted by Crippen LogP contribution is 2.30. The third-order valence-corrected chi connectivity index (χ3v) is 2.83. The minimum absolute atomic E-state index is 0.403. The van der Waals surface area contributed by atoms with E-state index in [0.29, 0.717) is 5.92 Å². The molecule has 0 aliphatic rings. The van der Waals surface area contributed by atoms with Gasteiger partial charge in [-0.1, -0.05) is 25.4 Å². The highest BCUT2D eigenvalue weighted by Gasteiger charge is 2.13. The van der Waals surface area contributed by atoms with Crippen molar-refractivity contribution in [1.82, 2.24) is 15.4 Å². The lowest BCUT2D eigenvalue weighted by Crippen LogP contribution is -1.91. The third kappa shape index (κ3) is 1.28. The summed E-state index contributed by atoms with van der Waals surface area (Å²) in [7, 11) is 0. The molecule has 3 nitrogen and oxygen atoms in total. The van der Waals surface area contributed by atoms with Crippen LogP contribution in [-0.4, -0.2) is 15.4 Å². The number of aryl methyl sites for hydroxylation is 1. The highest BCUT2D eigenvalue weighted by atomic mass is 35.5. The van der Waals surface area contributed by atoms with E-state index in [9.17, 15) is 0 Å². The Morgan fingerprint density at radius 1 is 1.29 bits per heavy atom. The number of nitrogens with zero attached hydrogens (tertiary/aromatic N) is 2. The molecule has 14 heavy (non-hydrogen) atoms. The monoisotopic (exact) mass is 209 g/mol. The van der Waals surface area contributed by atoms with E-state index in [1.807, 2.05) is 13.0 Å². The SMILES string of the molecule is Cc1c(Cl)cc(C(C)C)c2n[nH]nc12.